The summed E-state index contributed by atoms with van der Waals surface area (Å²) in [5.74, 6) is -2.64. The maximum Gasteiger partial charge on any atom is 0.367 e. The van der Waals surface area contributed by atoms with Crippen LogP contribution in [-0.2, 0) is 0 Å². The maximum absolute atomic E-state index is 13.8. The first-order valence-corrected chi connectivity index (χ1v) is 6.53. The van der Waals surface area contributed by atoms with E-state index in [0.29, 0.717) is 5.56 Å². The number of hydrogen-bond donors (Lipinski definition) is 1. The number of hydrogen-bond acceptors (Lipinski definition) is 4. The SMILES string of the molecule is O=C(On1ccnc1)c1cc(-c2ccc(F)cc2F)ccc1O. The van der Waals surface area contributed by atoms with Gasteiger partial charge in [-0.2, -0.15) is 4.73 Å². The molecule has 1 aromatic heterocycles. The summed E-state index contributed by atoms with van der Waals surface area (Å²) in [6.07, 6.45) is 4.08. The molecule has 0 aliphatic rings. The van der Waals surface area contributed by atoms with E-state index in [4.69, 9.17) is 4.84 Å². The lowest BCUT2D eigenvalue weighted by atomic mass is 10.0. The molecule has 1 heterocycles. The number of phenolic OH excluding ortho intramolecular Hbond substituents is 1. The number of imidazole rings is 1. The van der Waals surface area contributed by atoms with Gasteiger partial charge in [-0.1, -0.05) is 6.07 Å². The van der Waals surface area contributed by atoms with Crippen LogP contribution in [0.25, 0.3) is 11.1 Å². The van der Waals surface area contributed by atoms with Crippen molar-refractivity contribution in [1.82, 2.24) is 9.71 Å². The Labute approximate surface area is 129 Å². The number of phenols is 1. The molecule has 0 saturated carbocycles. The first kappa shape index (κ1) is 14.7. The number of carbonyl (C=O) groups is 1. The van der Waals surface area contributed by atoms with Crippen LogP contribution in [0.2, 0.25) is 0 Å². The molecule has 0 fully saturated rings. The van der Waals surface area contributed by atoms with E-state index < -0.39 is 17.6 Å². The van der Waals surface area contributed by atoms with Gasteiger partial charge in [-0.05, 0) is 29.8 Å². The highest BCUT2D eigenvalue weighted by Gasteiger charge is 2.16. The third-order valence-electron chi connectivity index (χ3n) is 3.13. The molecule has 3 rings (SSSR count). The van der Waals surface area contributed by atoms with Crippen LogP contribution in [-0.4, -0.2) is 20.8 Å². The molecule has 1 N–H and O–H groups in total. The summed E-state index contributed by atoms with van der Waals surface area (Å²) in [6, 6.07) is 7.02. The molecule has 116 valence electrons. The summed E-state index contributed by atoms with van der Waals surface area (Å²) in [7, 11) is 0. The Morgan fingerprint density at radius 1 is 1.17 bits per heavy atom. The van der Waals surface area contributed by atoms with E-state index in [0.717, 1.165) is 16.9 Å². The number of halogens is 2. The second-order valence-corrected chi connectivity index (χ2v) is 4.66. The molecule has 2 aromatic carbocycles. The average Bonchev–Trinajstić information content (AvgIpc) is 3.01. The standard InChI is InChI=1S/C16H10F2N2O3/c17-11-2-3-12(14(18)8-11)10-1-4-15(21)13(7-10)16(22)23-20-6-5-19-9-20/h1-9,21H. The molecule has 0 aliphatic carbocycles. The second kappa shape index (κ2) is 5.88. The van der Waals surface area contributed by atoms with Crippen LogP contribution in [0.5, 0.6) is 5.75 Å². The van der Waals surface area contributed by atoms with Crippen molar-refractivity contribution in [3.05, 3.63) is 72.3 Å². The van der Waals surface area contributed by atoms with Crippen LogP contribution in [0, 0.1) is 11.6 Å². The van der Waals surface area contributed by atoms with Gasteiger partial charge in [0.25, 0.3) is 0 Å². The van der Waals surface area contributed by atoms with Gasteiger partial charge in [0, 0.05) is 17.8 Å². The minimum Gasteiger partial charge on any atom is -0.507 e. The Morgan fingerprint density at radius 3 is 2.70 bits per heavy atom. The van der Waals surface area contributed by atoms with Gasteiger partial charge in [-0.25, -0.2) is 18.6 Å². The van der Waals surface area contributed by atoms with Gasteiger partial charge in [0.05, 0.1) is 6.20 Å². The molecule has 0 saturated heterocycles. The predicted octanol–water partition coefficient (Wildman–Crippen LogP) is 2.80. The highest BCUT2D eigenvalue weighted by Crippen LogP contribution is 2.28. The summed E-state index contributed by atoms with van der Waals surface area (Å²) in [5, 5.41) is 9.81. The van der Waals surface area contributed by atoms with Crippen molar-refractivity contribution < 1.29 is 23.5 Å². The zero-order valence-electron chi connectivity index (χ0n) is 11.6. The van der Waals surface area contributed by atoms with E-state index in [1.54, 1.807) is 0 Å². The lowest BCUT2D eigenvalue weighted by Gasteiger charge is -2.09. The molecule has 0 spiro atoms. The van der Waals surface area contributed by atoms with Crippen molar-refractivity contribution in [2.24, 2.45) is 0 Å². The first-order valence-electron chi connectivity index (χ1n) is 6.53. The van der Waals surface area contributed by atoms with Gasteiger partial charge in [-0.15, -0.1) is 0 Å². The Kier molecular flexibility index (Phi) is 3.76. The topological polar surface area (TPSA) is 64.4 Å². The van der Waals surface area contributed by atoms with Crippen molar-refractivity contribution in [3.63, 3.8) is 0 Å². The van der Waals surface area contributed by atoms with Gasteiger partial charge in [0.15, 0.2) is 0 Å². The average molecular weight is 316 g/mol. The predicted molar refractivity (Wildman–Crippen MR) is 76.6 cm³/mol. The number of nitrogens with zero attached hydrogens (tertiary/aromatic N) is 2. The normalized spacial score (nSPS) is 10.5. The van der Waals surface area contributed by atoms with Crippen molar-refractivity contribution in [3.8, 4) is 16.9 Å². The van der Waals surface area contributed by atoms with E-state index in [2.05, 4.69) is 4.98 Å². The lowest BCUT2D eigenvalue weighted by molar-refractivity contribution is 0.0457. The smallest absolute Gasteiger partial charge is 0.367 e. The number of carbonyl (C=O) groups excluding carboxylic acids is 1. The molecule has 0 atom stereocenters. The molecule has 0 amide bonds. The third kappa shape index (κ3) is 3.03. The monoisotopic (exact) mass is 316 g/mol. The van der Waals surface area contributed by atoms with E-state index in [1.807, 2.05) is 0 Å². The van der Waals surface area contributed by atoms with Gasteiger partial charge in [-0.3, -0.25) is 0 Å². The minimum atomic E-state index is -0.843. The Balaban J connectivity index is 1.97. The van der Waals surface area contributed by atoms with Crippen LogP contribution < -0.4 is 4.84 Å². The van der Waals surface area contributed by atoms with Crippen molar-refractivity contribution in [1.29, 1.82) is 0 Å². The second-order valence-electron chi connectivity index (χ2n) is 4.66. The molecule has 23 heavy (non-hydrogen) atoms. The zero-order valence-corrected chi connectivity index (χ0v) is 11.6. The van der Waals surface area contributed by atoms with E-state index >= 15 is 0 Å². The number of aromatic nitrogens is 2. The lowest BCUT2D eigenvalue weighted by Crippen LogP contribution is -2.18. The van der Waals surface area contributed by atoms with E-state index in [1.165, 1.54) is 43.0 Å². The zero-order chi connectivity index (χ0) is 16.4. The number of benzene rings is 2. The molecule has 0 radical (unpaired) electrons. The van der Waals surface area contributed by atoms with Crippen LogP contribution in [0.1, 0.15) is 10.4 Å². The molecule has 3 aromatic rings. The molecular weight excluding hydrogens is 306 g/mol. The van der Waals surface area contributed by atoms with E-state index in [-0.39, 0.29) is 16.9 Å². The summed E-state index contributed by atoms with van der Waals surface area (Å²) < 4.78 is 27.9. The Hall–Kier alpha value is -3.22. The quantitative estimate of drug-likeness (QED) is 0.807. The van der Waals surface area contributed by atoms with Gasteiger partial charge < -0.3 is 9.94 Å². The first-order chi connectivity index (χ1) is 11.0. The van der Waals surface area contributed by atoms with Crippen molar-refractivity contribution in [2.45, 2.75) is 0 Å². The summed E-state index contributed by atoms with van der Waals surface area (Å²) in [6.45, 7) is 0. The fraction of sp³-hybridized carbons (Fsp3) is 0. The third-order valence-corrected chi connectivity index (χ3v) is 3.13. The van der Waals surface area contributed by atoms with Crippen molar-refractivity contribution in [2.75, 3.05) is 0 Å². The largest absolute Gasteiger partial charge is 0.507 e. The number of rotatable bonds is 3. The molecule has 0 aliphatic heterocycles. The molecule has 7 heteroatoms. The number of aromatic hydroxyl groups is 1. The summed E-state index contributed by atoms with van der Waals surface area (Å²) in [5.41, 5.74) is 0.251. The highest BCUT2D eigenvalue weighted by atomic mass is 19.1. The van der Waals surface area contributed by atoms with Crippen molar-refractivity contribution >= 4 is 5.97 Å². The fourth-order valence-electron chi connectivity index (χ4n) is 2.04. The molecule has 0 bridgehead atoms. The summed E-state index contributed by atoms with van der Waals surface area (Å²) >= 11 is 0. The summed E-state index contributed by atoms with van der Waals surface area (Å²) in [4.78, 5) is 20.7. The Morgan fingerprint density at radius 2 is 2.00 bits per heavy atom. The highest BCUT2D eigenvalue weighted by molar-refractivity contribution is 5.94. The minimum absolute atomic E-state index is 0.100. The van der Waals surface area contributed by atoms with Crippen LogP contribution in [0.4, 0.5) is 8.78 Å². The van der Waals surface area contributed by atoms with E-state index in [9.17, 15) is 18.7 Å². The Bertz CT molecular complexity index is 864. The molecule has 5 nitrogen and oxygen atoms in total. The maximum atomic E-state index is 13.8. The molecule has 0 unspecified atom stereocenters. The van der Waals surface area contributed by atoms with Crippen LogP contribution in [0.15, 0.2) is 55.1 Å². The van der Waals surface area contributed by atoms with Gasteiger partial charge >= 0.3 is 5.97 Å². The van der Waals surface area contributed by atoms with Crippen LogP contribution in [0.3, 0.4) is 0 Å². The van der Waals surface area contributed by atoms with Gasteiger partial charge in [0.2, 0.25) is 0 Å². The molecular formula is C16H10F2N2O3. The van der Waals surface area contributed by atoms with Gasteiger partial charge in [0.1, 0.15) is 29.3 Å². The fourth-order valence-corrected chi connectivity index (χ4v) is 2.04. The van der Waals surface area contributed by atoms with Crippen LogP contribution >= 0.6 is 0 Å².